The van der Waals surface area contributed by atoms with E-state index in [9.17, 15) is 4.79 Å². The molecule has 0 atom stereocenters. The molecule has 1 N–H and O–H groups in total. The van der Waals surface area contributed by atoms with E-state index in [1.807, 2.05) is 32.9 Å². The summed E-state index contributed by atoms with van der Waals surface area (Å²) in [4.78, 5) is 19.0. The van der Waals surface area contributed by atoms with Gasteiger partial charge in [-0.1, -0.05) is 12.1 Å². The first-order valence-corrected chi connectivity index (χ1v) is 10.5. The Morgan fingerprint density at radius 2 is 1.89 bits per heavy atom. The number of nitrogens with one attached hydrogen (secondary N) is 1. The molecule has 0 bridgehead atoms. The molecule has 1 aromatic carbocycles. The lowest BCUT2D eigenvalue weighted by Gasteiger charge is -2.33. The van der Waals surface area contributed by atoms with Gasteiger partial charge in [-0.05, 0) is 64.7 Å². The number of guanidine groups is 1. The Balaban J connectivity index is 1.86. The van der Waals surface area contributed by atoms with Crippen LogP contribution < -0.4 is 10.1 Å². The van der Waals surface area contributed by atoms with E-state index in [1.165, 1.54) is 5.56 Å². The van der Waals surface area contributed by atoms with Gasteiger partial charge in [0.1, 0.15) is 5.75 Å². The van der Waals surface area contributed by atoms with Crippen molar-refractivity contribution in [1.29, 1.82) is 0 Å². The summed E-state index contributed by atoms with van der Waals surface area (Å²) in [5.74, 6) is 1.80. The molecule has 0 unspecified atom stereocenters. The molecule has 0 saturated carbocycles. The Labute approximate surface area is 169 Å². The number of hydrogen-bond acceptors (Lipinski definition) is 4. The minimum Gasteiger partial charge on any atom is -0.491 e. The van der Waals surface area contributed by atoms with Gasteiger partial charge in [0, 0.05) is 26.2 Å². The van der Waals surface area contributed by atoms with Crippen molar-refractivity contribution in [2.75, 3.05) is 32.8 Å². The highest BCUT2D eigenvalue weighted by molar-refractivity contribution is 5.80. The van der Waals surface area contributed by atoms with Crippen molar-refractivity contribution < 1.29 is 14.3 Å². The van der Waals surface area contributed by atoms with Crippen molar-refractivity contribution in [1.82, 2.24) is 10.2 Å². The highest BCUT2D eigenvalue weighted by atomic mass is 16.5. The predicted octanol–water partition coefficient (Wildman–Crippen LogP) is 3.26. The first-order valence-electron chi connectivity index (χ1n) is 10.5. The van der Waals surface area contributed by atoms with Crippen LogP contribution >= 0.6 is 0 Å². The summed E-state index contributed by atoms with van der Waals surface area (Å²) >= 11 is 0. The fourth-order valence-electron chi connectivity index (χ4n) is 3.31. The lowest BCUT2D eigenvalue weighted by Crippen LogP contribution is -2.46. The number of ether oxygens (including phenoxy) is 2. The molecule has 0 aliphatic carbocycles. The van der Waals surface area contributed by atoms with Gasteiger partial charge in [0.15, 0.2) is 5.96 Å². The summed E-state index contributed by atoms with van der Waals surface area (Å²) in [5, 5.41) is 3.38. The minimum atomic E-state index is -0.0611. The lowest BCUT2D eigenvalue weighted by molar-refractivity contribution is -0.149. The monoisotopic (exact) mass is 389 g/mol. The number of esters is 1. The van der Waals surface area contributed by atoms with Crippen LogP contribution in [0.5, 0.6) is 5.75 Å². The van der Waals surface area contributed by atoms with Gasteiger partial charge in [-0.3, -0.25) is 9.79 Å². The van der Waals surface area contributed by atoms with Crippen LogP contribution in [-0.2, 0) is 16.0 Å². The maximum atomic E-state index is 11.9. The summed E-state index contributed by atoms with van der Waals surface area (Å²) < 4.78 is 10.8. The fraction of sp³-hybridized carbons (Fsp3) is 0.636. The molecule has 1 aromatic rings. The summed E-state index contributed by atoms with van der Waals surface area (Å²) in [6.07, 6.45) is 2.71. The van der Waals surface area contributed by atoms with Gasteiger partial charge >= 0.3 is 5.97 Å². The molecule has 0 amide bonds. The second kappa shape index (κ2) is 11.6. The van der Waals surface area contributed by atoms with Crippen LogP contribution in [0.4, 0.5) is 0 Å². The second-order valence-electron chi connectivity index (χ2n) is 7.31. The van der Waals surface area contributed by atoms with E-state index < -0.39 is 0 Å². The molecule has 2 rings (SSSR count). The van der Waals surface area contributed by atoms with Crippen LogP contribution in [0.2, 0.25) is 0 Å². The molecule has 1 fully saturated rings. The highest BCUT2D eigenvalue weighted by Crippen LogP contribution is 2.19. The van der Waals surface area contributed by atoms with E-state index in [0.717, 1.165) is 57.2 Å². The van der Waals surface area contributed by atoms with Crippen LogP contribution in [0.15, 0.2) is 29.3 Å². The topological polar surface area (TPSA) is 63.2 Å². The van der Waals surface area contributed by atoms with Crippen molar-refractivity contribution >= 4 is 11.9 Å². The normalized spacial score (nSPS) is 15.6. The Kier molecular flexibility index (Phi) is 9.11. The summed E-state index contributed by atoms with van der Waals surface area (Å²) in [7, 11) is 0. The van der Waals surface area contributed by atoms with Crippen molar-refractivity contribution in [3.05, 3.63) is 29.8 Å². The molecule has 1 aliphatic rings. The quantitative estimate of drug-likeness (QED) is 0.420. The van der Waals surface area contributed by atoms with Gasteiger partial charge in [0.2, 0.25) is 0 Å². The Bertz CT molecular complexity index is 620. The summed E-state index contributed by atoms with van der Waals surface area (Å²) in [5.41, 5.74) is 1.25. The maximum Gasteiger partial charge on any atom is 0.309 e. The van der Waals surface area contributed by atoms with E-state index in [4.69, 9.17) is 14.5 Å². The Morgan fingerprint density at radius 3 is 2.46 bits per heavy atom. The summed E-state index contributed by atoms with van der Waals surface area (Å²) in [6, 6.07) is 8.24. The fourth-order valence-corrected chi connectivity index (χ4v) is 3.31. The standard InChI is InChI=1S/C22H35N3O3/c1-5-23-22(25-15-12-19(13-16-25)21(26)27-6-2)24-14-11-18-7-9-20(10-8-18)28-17(3)4/h7-10,17,19H,5-6,11-16H2,1-4H3,(H,23,24). The average Bonchev–Trinajstić information content (AvgIpc) is 2.68. The SMILES string of the molecule is CCNC(=NCCc1ccc(OC(C)C)cc1)N1CCC(C(=O)OCC)CC1. The Morgan fingerprint density at radius 1 is 1.21 bits per heavy atom. The van der Waals surface area contributed by atoms with Gasteiger partial charge in [0.25, 0.3) is 0 Å². The number of carbonyl (C=O) groups is 1. The zero-order valence-electron chi connectivity index (χ0n) is 17.7. The number of piperidine rings is 1. The van der Waals surface area contributed by atoms with Crippen molar-refractivity contribution in [2.45, 2.75) is 53.1 Å². The molecule has 1 saturated heterocycles. The molecule has 0 spiro atoms. The van der Waals surface area contributed by atoms with Crippen LogP contribution in [0.25, 0.3) is 0 Å². The number of carbonyl (C=O) groups excluding carboxylic acids is 1. The Hall–Kier alpha value is -2.24. The molecule has 0 aromatic heterocycles. The minimum absolute atomic E-state index is 0.0191. The van der Waals surface area contributed by atoms with Crippen LogP contribution in [0, 0.1) is 5.92 Å². The van der Waals surface area contributed by atoms with Crippen LogP contribution in [0.3, 0.4) is 0 Å². The average molecular weight is 390 g/mol. The van der Waals surface area contributed by atoms with E-state index in [0.29, 0.717) is 6.61 Å². The molecule has 6 nitrogen and oxygen atoms in total. The van der Waals surface area contributed by atoms with Gasteiger partial charge < -0.3 is 19.7 Å². The van der Waals surface area contributed by atoms with E-state index in [1.54, 1.807) is 0 Å². The number of likely N-dealkylation sites (tertiary alicyclic amines) is 1. The number of nitrogens with zero attached hydrogens (tertiary/aromatic N) is 2. The van der Waals surface area contributed by atoms with Crippen molar-refractivity contribution in [2.24, 2.45) is 10.9 Å². The van der Waals surface area contributed by atoms with Crippen molar-refractivity contribution in [3.63, 3.8) is 0 Å². The molecule has 28 heavy (non-hydrogen) atoms. The molecular formula is C22H35N3O3. The van der Waals surface area contributed by atoms with E-state index >= 15 is 0 Å². The molecule has 1 aliphatic heterocycles. The number of rotatable bonds is 8. The van der Waals surface area contributed by atoms with Crippen LogP contribution in [-0.4, -0.2) is 55.7 Å². The van der Waals surface area contributed by atoms with Gasteiger partial charge in [-0.15, -0.1) is 0 Å². The highest BCUT2D eigenvalue weighted by Gasteiger charge is 2.27. The maximum absolute atomic E-state index is 11.9. The number of benzene rings is 1. The third-order valence-electron chi connectivity index (χ3n) is 4.71. The molecule has 6 heteroatoms. The third kappa shape index (κ3) is 7.06. The zero-order valence-corrected chi connectivity index (χ0v) is 17.7. The lowest BCUT2D eigenvalue weighted by atomic mass is 9.97. The molecular weight excluding hydrogens is 354 g/mol. The number of aliphatic imine (C=N–C) groups is 1. The number of hydrogen-bond donors (Lipinski definition) is 1. The predicted molar refractivity (Wildman–Crippen MR) is 113 cm³/mol. The van der Waals surface area contributed by atoms with Crippen LogP contribution in [0.1, 0.15) is 46.1 Å². The smallest absolute Gasteiger partial charge is 0.309 e. The first kappa shape index (κ1) is 22.1. The largest absolute Gasteiger partial charge is 0.491 e. The molecule has 0 radical (unpaired) electrons. The molecule has 1 heterocycles. The van der Waals surface area contributed by atoms with E-state index in [2.05, 4.69) is 29.3 Å². The van der Waals surface area contributed by atoms with Gasteiger partial charge in [-0.2, -0.15) is 0 Å². The summed E-state index contributed by atoms with van der Waals surface area (Å²) in [6.45, 7) is 11.7. The molecule has 156 valence electrons. The van der Waals surface area contributed by atoms with E-state index in [-0.39, 0.29) is 18.0 Å². The third-order valence-corrected chi connectivity index (χ3v) is 4.71. The second-order valence-corrected chi connectivity index (χ2v) is 7.31. The van der Waals surface area contributed by atoms with Gasteiger partial charge in [0.05, 0.1) is 18.6 Å². The zero-order chi connectivity index (χ0) is 20.4. The van der Waals surface area contributed by atoms with Crippen molar-refractivity contribution in [3.8, 4) is 5.75 Å². The van der Waals surface area contributed by atoms with Gasteiger partial charge in [-0.25, -0.2) is 0 Å². The first-order chi connectivity index (χ1) is 13.5.